The van der Waals surface area contributed by atoms with E-state index in [1.165, 1.54) is 0 Å². The summed E-state index contributed by atoms with van der Waals surface area (Å²) in [5.74, 6) is 0. The van der Waals surface area contributed by atoms with Crippen LogP contribution in [0.3, 0.4) is 0 Å². The van der Waals surface area contributed by atoms with Gasteiger partial charge in [0, 0.05) is 10.8 Å². The zero-order valence-corrected chi connectivity index (χ0v) is 17.0. The van der Waals surface area contributed by atoms with Crippen LogP contribution >= 0.6 is 0 Å². The van der Waals surface area contributed by atoms with Gasteiger partial charge in [-0.15, -0.1) is 0 Å². The molecule has 0 fully saturated rings. The van der Waals surface area contributed by atoms with Crippen LogP contribution in [0.1, 0.15) is 16.4 Å². The minimum atomic E-state index is -0.517. The number of benzene rings is 6. The summed E-state index contributed by atoms with van der Waals surface area (Å²) in [5.41, 5.74) is 0.454. The molecule has 0 bridgehead atoms. The van der Waals surface area contributed by atoms with E-state index in [9.17, 15) is 1.37 Å². The van der Waals surface area contributed by atoms with Crippen LogP contribution in [0.4, 0.5) is 0 Å². The average Bonchev–Trinajstić information content (AvgIpc) is 3.46. The van der Waals surface area contributed by atoms with Gasteiger partial charge in [0.2, 0.25) is 0 Å². The van der Waals surface area contributed by atoms with Gasteiger partial charge in [-0.2, -0.15) is 0 Å². The number of furan rings is 1. The van der Waals surface area contributed by atoms with Gasteiger partial charge in [-0.1, -0.05) is 103 Å². The van der Waals surface area contributed by atoms with Gasteiger partial charge in [0.05, 0.1) is 16.4 Å². The van der Waals surface area contributed by atoms with Crippen molar-refractivity contribution in [2.75, 3.05) is 0 Å². The van der Waals surface area contributed by atoms with Crippen molar-refractivity contribution in [2.45, 2.75) is 0 Å². The molecule has 0 radical (unpaired) electrons. The van der Waals surface area contributed by atoms with Gasteiger partial charge in [0.15, 0.2) is 0 Å². The molecular weight excluding hydrogens is 400 g/mol. The van der Waals surface area contributed by atoms with Gasteiger partial charge in [-0.25, -0.2) is 0 Å². The topological polar surface area (TPSA) is 13.1 Å². The van der Waals surface area contributed by atoms with Gasteiger partial charge in [-0.3, -0.25) is 0 Å². The van der Waals surface area contributed by atoms with Crippen molar-refractivity contribution in [1.29, 1.82) is 0 Å². The predicted octanol–water partition coefficient (Wildman–Crippen LogP) is 9.23. The van der Waals surface area contributed by atoms with Crippen molar-refractivity contribution >= 4 is 43.5 Å². The Bertz CT molecular complexity index is 2380. The highest BCUT2D eigenvalue weighted by Crippen LogP contribution is 2.44. The predicted molar refractivity (Wildman–Crippen MR) is 140 cm³/mol. The number of fused-ring (bicyclic) bond motifs is 5. The van der Waals surface area contributed by atoms with Crippen LogP contribution in [0, 0.1) is 0 Å². The molecule has 0 aliphatic carbocycles. The van der Waals surface area contributed by atoms with Gasteiger partial charge >= 0.3 is 0 Å². The van der Waals surface area contributed by atoms with Crippen molar-refractivity contribution in [3.05, 3.63) is 121 Å². The quantitative estimate of drug-likeness (QED) is 0.248. The molecule has 1 aromatic heterocycles. The van der Waals surface area contributed by atoms with E-state index in [0.717, 1.165) is 0 Å². The maximum Gasteiger partial charge on any atom is 0.136 e. The smallest absolute Gasteiger partial charge is 0.136 e. The summed E-state index contributed by atoms with van der Waals surface area (Å²) in [6.45, 7) is 0. The van der Waals surface area contributed by atoms with E-state index >= 15 is 0 Å². The lowest BCUT2D eigenvalue weighted by Crippen LogP contribution is -1.90. The maximum atomic E-state index is 9.27. The summed E-state index contributed by atoms with van der Waals surface area (Å²) in [6, 6.07) is 8.78. The molecule has 1 heteroatoms. The van der Waals surface area contributed by atoms with Crippen LogP contribution in [0.25, 0.3) is 65.7 Å². The summed E-state index contributed by atoms with van der Waals surface area (Å²) in [5, 5.41) is 1.87. The van der Waals surface area contributed by atoms with Crippen molar-refractivity contribution < 1.29 is 20.9 Å². The third-order valence-electron chi connectivity index (χ3n) is 5.82. The van der Waals surface area contributed by atoms with Crippen LogP contribution in [-0.4, -0.2) is 0 Å². The minimum Gasteiger partial charge on any atom is -0.456 e. The number of rotatable bonds is 2. The van der Waals surface area contributed by atoms with E-state index in [2.05, 4.69) is 0 Å². The van der Waals surface area contributed by atoms with E-state index in [1.54, 1.807) is 48.5 Å². The Morgan fingerprint density at radius 3 is 1.67 bits per heavy atom. The Hall–Kier alpha value is -4.36. The Morgan fingerprint density at radius 2 is 1.00 bits per heavy atom. The van der Waals surface area contributed by atoms with Crippen LogP contribution < -0.4 is 0 Å². The number of hydrogen-bond acceptors (Lipinski definition) is 1. The molecule has 0 spiro atoms. The monoisotopic (exact) mass is 432 g/mol. The van der Waals surface area contributed by atoms with Crippen LogP contribution in [0.15, 0.2) is 125 Å². The molecule has 0 N–H and O–H groups in total. The van der Waals surface area contributed by atoms with Crippen molar-refractivity contribution in [2.24, 2.45) is 0 Å². The first-order valence-electron chi connectivity index (χ1n) is 16.3. The number of para-hydroxylation sites is 1. The minimum absolute atomic E-state index is 0.00871. The molecule has 0 aliphatic rings. The van der Waals surface area contributed by atoms with E-state index in [-0.39, 0.29) is 63.3 Å². The summed E-state index contributed by atoms with van der Waals surface area (Å²) in [7, 11) is 0. The zero-order chi connectivity index (χ0) is 32.2. The largest absolute Gasteiger partial charge is 0.456 e. The fraction of sp³-hybridized carbons (Fsp3) is 0. The van der Waals surface area contributed by atoms with Crippen molar-refractivity contribution in [3.8, 4) is 22.3 Å². The van der Waals surface area contributed by atoms with Gasteiger partial charge in [-0.05, 0) is 61.9 Å². The fourth-order valence-corrected chi connectivity index (χ4v) is 4.46. The molecular formula is C32H20O. The molecule has 0 saturated heterocycles. The van der Waals surface area contributed by atoms with Crippen molar-refractivity contribution in [3.63, 3.8) is 0 Å². The highest BCUT2D eigenvalue weighted by Gasteiger charge is 2.17. The lowest BCUT2D eigenvalue weighted by Gasteiger charge is -2.17. The summed E-state index contributed by atoms with van der Waals surface area (Å²) in [6.07, 6.45) is 0. The Morgan fingerprint density at radius 1 is 0.455 bits per heavy atom. The zero-order valence-electron chi connectivity index (χ0n) is 29.0. The standard InChI is InChI=1S/C32H20O/c1-2-10-21(11-3-1)31-25-13-4-6-15-27(25)32(28-16-7-5-14-26(28)31)22-18-19-24-23-12-8-9-17-29(23)33-30(24)20-22/h1-20H/i1D,2D,3D,8D,9D,10D,11D,12D,17D,18D,19D,20D. The fourth-order valence-electron chi connectivity index (χ4n) is 4.46. The Labute approximate surface area is 208 Å². The summed E-state index contributed by atoms with van der Waals surface area (Å²) < 4.78 is 108. The second-order valence-electron chi connectivity index (χ2n) is 7.60. The molecule has 0 saturated carbocycles. The molecule has 33 heavy (non-hydrogen) atoms. The van der Waals surface area contributed by atoms with Gasteiger partial charge in [0.1, 0.15) is 11.2 Å². The third-order valence-corrected chi connectivity index (χ3v) is 5.82. The molecule has 0 amide bonds. The first kappa shape index (κ1) is 10.1. The normalized spacial score (nSPS) is 16.7. The first-order valence-corrected chi connectivity index (χ1v) is 10.3. The maximum absolute atomic E-state index is 9.27. The molecule has 7 aromatic rings. The molecule has 7 rings (SSSR count). The number of hydrogen-bond donors (Lipinski definition) is 0. The molecule has 6 aromatic carbocycles. The second kappa shape index (κ2) is 7.08. The lowest BCUT2D eigenvalue weighted by molar-refractivity contribution is 0.669. The summed E-state index contributed by atoms with van der Waals surface area (Å²) in [4.78, 5) is 0. The van der Waals surface area contributed by atoms with Gasteiger partial charge < -0.3 is 4.42 Å². The second-order valence-corrected chi connectivity index (χ2v) is 7.60. The highest BCUT2D eigenvalue weighted by molar-refractivity contribution is 6.22. The Balaban J connectivity index is 1.70. The average molecular weight is 433 g/mol. The van der Waals surface area contributed by atoms with Crippen LogP contribution in [0.2, 0.25) is 0 Å². The van der Waals surface area contributed by atoms with Crippen LogP contribution in [-0.2, 0) is 0 Å². The molecule has 1 nitrogen and oxygen atoms in total. The highest BCUT2D eigenvalue weighted by atomic mass is 16.3. The lowest BCUT2D eigenvalue weighted by atomic mass is 9.86. The van der Waals surface area contributed by atoms with Crippen molar-refractivity contribution in [1.82, 2.24) is 0 Å². The van der Waals surface area contributed by atoms with Crippen LogP contribution in [0.5, 0.6) is 0 Å². The van der Waals surface area contributed by atoms with Gasteiger partial charge in [0.25, 0.3) is 0 Å². The van der Waals surface area contributed by atoms with E-state index in [4.69, 9.17) is 19.5 Å². The Kier molecular flexibility index (Phi) is 2.16. The van der Waals surface area contributed by atoms with E-state index in [1.807, 2.05) is 0 Å². The molecule has 154 valence electrons. The molecule has 0 aliphatic heterocycles. The molecule has 0 unspecified atom stereocenters. The SMILES string of the molecule is [2H]c1c([2H])c([2H])c(-c2c3ccccc3c(-c3c([2H])c([2H])c4c(oc5c([2H])c([2H])c([2H])c([2H])c54)c3[2H])c3ccccc23)c([2H])c1[2H]. The molecule has 0 atom stereocenters. The summed E-state index contributed by atoms with van der Waals surface area (Å²) >= 11 is 0. The third kappa shape index (κ3) is 2.73. The van der Waals surface area contributed by atoms with E-state index < -0.39 is 42.3 Å². The van der Waals surface area contributed by atoms with E-state index in [0.29, 0.717) is 32.7 Å². The molecule has 1 heterocycles. The first-order chi connectivity index (χ1) is 21.4.